The Morgan fingerprint density at radius 3 is 2.00 bits per heavy atom. The molecule has 0 spiro atoms. The van der Waals surface area contributed by atoms with Crippen LogP contribution in [0.25, 0.3) is 0 Å². The molecule has 0 amide bonds. The van der Waals surface area contributed by atoms with E-state index in [9.17, 15) is 0 Å². The average molecular weight is 127 g/mol. The van der Waals surface area contributed by atoms with Crippen LogP contribution < -0.4 is 5.32 Å². The minimum atomic E-state index is 1.10. The smallest absolute Gasteiger partial charge is 0.0167 e. The average Bonchev–Trinajstić information content (AvgIpc) is 1.86. The summed E-state index contributed by atoms with van der Waals surface area (Å²) in [5, 5.41) is 2.75. The van der Waals surface area contributed by atoms with E-state index in [2.05, 4.69) is 24.9 Å². The zero-order chi connectivity index (χ0) is 7.54. The zero-order valence-electron chi connectivity index (χ0n) is 6.65. The van der Waals surface area contributed by atoms with Gasteiger partial charge in [-0.1, -0.05) is 31.7 Å². The van der Waals surface area contributed by atoms with Gasteiger partial charge in [-0.25, -0.2) is 0 Å². The van der Waals surface area contributed by atoms with Gasteiger partial charge in [-0.15, -0.1) is 0 Å². The first-order valence-electron chi connectivity index (χ1n) is 3.19. The maximum absolute atomic E-state index is 3.51. The first-order chi connectivity index (χ1) is 4.33. The maximum atomic E-state index is 3.51. The standard InChI is InChI=1S/C6H10.C2H7N/c1-3-5-6-4-2;1-3-2/h3,5-6H,1,4H2,2H3;3H,1-2H3. The summed E-state index contributed by atoms with van der Waals surface area (Å²) in [4.78, 5) is 0. The van der Waals surface area contributed by atoms with Gasteiger partial charge in [0.2, 0.25) is 0 Å². The molecule has 1 nitrogen and oxygen atoms in total. The van der Waals surface area contributed by atoms with E-state index in [4.69, 9.17) is 0 Å². The molecule has 0 atom stereocenters. The van der Waals surface area contributed by atoms with Gasteiger partial charge < -0.3 is 5.32 Å². The Kier molecular flexibility index (Phi) is 19.6. The fourth-order valence-electron chi connectivity index (χ4n) is 0.232. The summed E-state index contributed by atoms with van der Waals surface area (Å²) in [5.41, 5.74) is 0. The van der Waals surface area contributed by atoms with Gasteiger partial charge in [0, 0.05) is 0 Å². The lowest BCUT2D eigenvalue weighted by Crippen LogP contribution is -1.89. The van der Waals surface area contributed by atoms with Crippen LogP contribution in [-0.2, 0) is 0 Å². The minimum absolute atomic E-state index is 1.10. The summed E-state index contributed by atoms with van der Waals surface area (Å²) in [6.07, 6.45) is 6.89. The summed E-state index contributed by atoms with van der Waals surface area (Å²) < 4.78 is 0. The van der Waals surface area contributed by atoms with Crippen molar-refractivity contribution >= 4 is 0 Å². The van der Waals surface area contributed by atoms with Crippen molar-refractivity contribution in [3.63, 3.8) is 0 Å². The van der Waals surface area contributed by atoms with E-state index in [-0.39, 0.29) is 0 Å². The van der Waals surface area contributed by atoms with Crippen LogP contribution in [-0.4, -0.2) is 14.1 Å². The molecule has 1 N–H and O–H groups in total. The Hall–Kier alpha value is -0.560. The summed E-state index contributed by atoms with van der Waals surface area (Å²) >= 11 is 0. The minimum Gasteiger partial charge on any atom is -0.323 e. The monoisotopic (exact) mass is 127 g/mol. The molecule has 0 fully saturated rings. The highest BCUT2D eigenvalue weighted by molar-refractivity contribution is 4.96. The topological polar surface area (TPSA) is 12.0 Å². The van der Waals surface area contributed by atoms with Crippen LogP contribution in [0.3, 0.4) is 0 Å². The van der Waals surface area contributed by atoms with Crippen molar-refractivity contribution in [3.8, 4) is 0 Å². The quantitative estimate of drug-likeness (QED) is 0.559. The van der Waals surface area contributed by atoms with Crippen molar-refractivity contribution in [2.45, 2.75) is 13.3 Å². The third-order valence-electron chi connectivity index (χ3n) is 0.508. The van der Waals surface area contributed by atoms with Gasteiger partial charge in [0.25, 0.3) is 0 Å². The lowest BCUT2D eigenvalue weighted by atomic mass is 10.4. The van der Waals surface area contributed by atoms with E-state index in [1.54, 1.807) is 6.08 Å². The number of nitrogens with one attached hydrogen (secondary N) is 1. The molecule has 0 unspecified atom stereocenters. The van der Waals surface area contributed by atoms with Gasteiger partial charge in [-0.05, 0) is 20.5 Å². The summed E-state index contributed by atoms with van der Waals surface area (Å²) in [5.74, 6) is 0. The Bertz CT molecular complexity index is 65.0. The molecule has 54 valence electrons. The summed E-state index contributed by atoms with van der Waals surface area (Å²) in [6, 6.07) is 0. The van der Waals surface area contributed by atoms with Gasteiger partial charge in [0.15, 0.2) is 0 Å². The zero-order valence-corrected chi connectivity index (χ0v) is 6.65. The van der Waals surface area contributed by atoms with Crippen molar-refractivity contribution in [2.24, 2.45) is 0 Å². The maximum Gasteiger partial charge on any atom is -0.0167 e. The first kappa shape index (κ1) is 11.3. The molecule has 0 saturated carbocycles. The molecule has 0 aromatic carbocycles. The summed E-state index contributed by atoms with van der Waals surface area (Å²) in [7, 11) is 3.75. The molecule has 0 aromatic heterocycles. The van der Waals surface area contributed by atoms with E-state index in [0.717, 1.165) is 6.42 Å². The van der Waals surface area contributed by atoms with Gasteiger partial charge >= 0.3 is 0 Å². The fourth-order valence-corrected chi connectivity index (χ4v) is 0.232. The molecule has 0 aromatic rings. The Morgan fingerprint density at radius 2 is 1.89 bits per heavy atom. The largest absolute Gasteiger partial charge is 0.323 e. The van der Waals surface area contributed by atoms with E-state index >= 15 is 0 Å². The van der Waals surface area contributed by atoms with Crippen molar-refractivity contribution < 1.29 is 0 Å². The lowest BCUT2D eigenvalue weighted by Gasteiger charge is -1.67. The second-order valence-electron chi connectivity index (χ2n) is 1.57. The number of allylic oxidation sites excluding steroid dienone is 3. The molecule has 0 aliphatic carbocycles. The second kappa shape index (κ2) is 15.7. The molecule has 0 rings (SSSR count). The van der Waals surface area contributed by atoms with Crippen LogP contribution in [0.2, 0.25) is 0 Å². The number of hydrogen-bond acceptors (Lipinski definition) is 1. The van der Waals surface area contributed by atoms with Gasteiger partial charge in [0.1, 0.15) is 0 Å². The molecule has 0 heterocycles. The van der Waals surface area contributed by atoms with Crippen LogP contribution >= 0.6 is 0 Å². The molecule has 0 aliphatic heterocycles. The van der Waals surface area contributed by atoms with E-state index in [1.165, 1.54) is 0 Å². The third kappa shape index (κ3) is 37.0. The van der Waals surface area contributed by atoms with E-state index < -0.39 is 0 Å². The molecule has 0 bridgehead atoms. The van der Waals surface area contributed by atoms with Crippen LogP contribution in [0.1, 0.15) is 13.3 Å². The Morgan fingerprint density at radius 1 is 1.44 bits per heavy atom. The SMILES string of the molecule is C=CC=CCC.CNC. The normalized spacial score (nSPS) is 8.33. The van der Waals surface area contributed by atoms with Crippen LogP contribution in [0.4, 0.5) is 0 Å². The molecule has 0 saturated heterocycles. The molecule has 1 heteroatoms. The molecular formula is C8H17N. The van der Waals surface area contributed by atoms with Gasteiger partial charge in [0.05, 0.1) is 0 Å². The summed E-state index contributed by atoms with van der Waals surface area (Å²) in [6.45, 7) is 5.61. The predicted molar refractivity (Wildman–Crippen MR) is 44.6 cm³/mol. The second-order valence-corrected chi connectivity index (χ2v) is 1.57. The molecule has 0 radical (unpaired) electrons. The lowest BCUT2D eigenvalue weighted by molar-refractivity contribution is 1.02. The van der Waals surface area contributed by atoms with Crippen molar-refractivity contribution in [3.05, 3.63) is 24.8 Å². The highest BCUT2D eigenvalue weighted by Crippen LogP contribution is 1.76. The van der Waals surface area contributed by atoms with Crippen LogP contribution in [0, 0.1) is 0 Å². The van der Waals surface area contributed by atoms with Crippen LogP contribution in [0.5, 0.6) is 0 Å². The van der Waals surface area contributed by atoms with Crippen molar-refractivity contribution in [1.82, 2.24) is 5.32 Å². The number of rotatable bonds is 2. The van der Waals surface area contributed by atoms with Gasteiger partial charge in [-0.2, -0.15) is 0 Å². The molecule has 9 heavy (non-hydrogen) atoms. The van der Waals surface area contributed by atoms with E-state index in [1.807, 2.05) is 20.2 Å². The van der Waals surface area contributed by atoms with E-state index in [0.29, 0.717) is 0 Å². The van der Waals surface area contributed by atoms with Gasteiger partial charge in [-0.3, -0.25) is 0 Å². The molecule has 0 aliphatic rings. The first-order valence-corrected chi connectivity index (χ1v) is 3.19. The highest BCUT2D eigenvalue weighted by Gasteiger charge is 1.55. The Labute approximate surface area is 58.5 Å². The van der Waals surface area contributed by atoms with Crippen molar-refractivity contribution in [2.75, 3.05) is 14.1 Å². The fraction of sp³-hybridized carbons (Fsp3) is 0.500. The highest BCUT2D eigenvalue weighted by atomic mass is 14.7. The van der Waals surface area contributed by atoms with Crippen molar-refractivity contribution in [1.29, 1.82) is 0 Å². The third-order valence-corrected chi connectivity index (χ3v) is 0.508. The molecular weight excluding hydrogens is 110 g/mol. The number of hydrogen-bond donors (Lipinski definition) is 1. The predicted octanol–water partition coefficient (Wildman–Crippen LogP) is 1.97. The Balaban J connectivity index is 0. The van der Waals surface area contributed by atoms with Crippen LogP contribution in [0.15, 0.2) is 24.8 Å².